The van der Waals surface area contributed by atoms with Crippen molar-refractivity contribution < 1.29 is 19.1 Å². The number of Topliss-reactive ketones (excluding diaryl/α,β-unsaturated/α-hetero) is 2. The van der Waals surface area contributed by atoms with Gasteiger partial charge in [0.1, 0.15) is 13.2 Å². The fourth-order valence-corrected chi connectivity index (χ4v) is 5.35. The number of anilines is 1. The average molecular weight is 566 g/mol. The Bertz CT molecular complexity index is 1340. The van der Waals surface area contributed by atoms with Crippen LogP contribution >= 0.6 is 15.9 Å². The number of halogens is 1. The SMILES string of the molecule is CC(C)CC(Nc1ccc(COC(=O)Cn2cc(Br)c3ccccc32)cc1)=C1C(=O)CC(C)(C)CC1=O. The standard InChI is InChI=1S/C30H33BrN2O4/c1-19(2)13-24(29-26(34)14-30(3,4)15-27(29)35)32-21-11-9-20(10-12-21)18-37-28(36)17-33-16-23(31)22-7-5-6-8-25(22)33/h5-12,16,19,32H,13-15,17-18H2,1-4H3. The number of rotatable bonds is 8. The van der Waals surface area contributed by atoms with Crippen LogP contribution in [0.1, 0.15) is 52.5 Å². The number of nitrogens with one attached hydrogen (secondary N) is 1. The number of carbonyl (C=O) groups is 3. The fourth-order valence-electron chi connectivity index (χ4n) is 4.76. The van der Waals surface area contributed by atoms with E-state index in [0.29, 0.717) is 30.5 Å². The van der Waals surface area contributed by atoms with Crippen molar-refractivity contribution in [1.29, 1.82) is 0 Å². The molecule has 1 saturated carbocycles. The molecule has 6 nitrogen and oxygen atoms in total. The van der Waals surface area contributed by atoms with E-state index in [4.69, 9.17) is 4.74 Å². The van der Waals surface area contributed by atoms with Gasteiger partial charge in [-0.1, -0.05) is 58.0 Å². The van der Waals surface area contributed by atoms with Crippen LogP contribution in [0.15, 0.2) is 70.5 Å². The highest BCUT2D eigenvalue weighted by atomic mass is 79.9. The predicted octanol–water partition coefficient (Wildman–Crippen LogP) is 6.82. The molecule has 0 radical (unpaired) electrons. The lowest BCUT2D eigenvalue weighted by Gasteiger charge is -2.30. The molecule has 1 aliphatic carbocycles. The second-order valence-corrected chi connectivity index (χ2v) is 11.8. The van der Waals surface area contributed by atoms with Crippen molar-refractivity contribution >= 4 is 50.1 Å². The zero-order valence-corrected chi connectivity index (χ0v) is 23.4. The number of benzene rings is 2. The first-order valence-electron chi connectivity index (χ1n) is 12.6. The first-order valence-corrected chi connectivity index (χ1v) is 13.4. The number of hydrogen-bond donors (Lipinski definition) is 1. The number of nitrogens with zero attached hydrogens (tertiary/aromatic N) is 1. The first-order chi connectivity index (χ1) is 17.5. The zero-order valence-electron chi connectivity index (χ0n) is 21.8. The number of allylic oxidation sites excluding steroid dienone is 2. The summed E-state index contributed by atoms with van der Waals surface area (Å²) in [5, 5.41) is 4.38. The summed E-state index contributed by atoms with van der Waals surface area (Å²) >= 11 is 3.54. The van der Waals surface area contributed by atoms with Gasteiger partial charge in [0.25, 0.3) is 0 Å². The van der Waals surface area contributed by atoms with E-state index >= 15 is 0 Å². The number of esters is 1. The summed E-state index contributed by atoms with van der Waals surface area (Å²) in [5.41, 5.74) is 3.30. The Hall–Kier alpha value is -3.19. The minimum atomic E-state index is -0.323. The summed E-state index contributed by atoms with van der Waals surface area (Å²) in [7, 11) is 0. The average Bonchev–Trinajstić information content (AvgIpc) is 3.12. The third kappa shape index (κ3) is 6.58. The number of ketones is 2. The molecule has 0 aliphatic heterocycles. The van der Waals surface area contributed by atoms with Crippen molar-refractivity contribution in [3.8, 4) is 0 Å². The lowest BCUT2D eigenvalue weighted by Crippen LogP contribution is -2.33. The Labute approximate surface area is 226 Å². The van der Waals surface area contributed by atoms with Gasteiger partial charge in [-0.25, -0.2) is 0 Å². The minimum absolute atomic E-state index is 0.0876. The van der Waals surface area contributed by atoms with Gasteiger partial charge in [-0.3, -0.25) is 14.4 Å². The Balaban J connectivity index is 1.41. The number of aromatic nitrogens is 1. The maximum atomic E-state index is 12.9. The zero-order chi connectivity index (χ0) is 26.7. The van der Waals surface area contributed by atoms with Gasteiger partial charge in [-0.2, -0.15) is 0 Å². The molecule has 0 unspecified atom stereocenters. The van der Waals surface area contributed by atoms with Gasteiger partial charge in [0, 0.05) is 45.8 Å². The molecule has 2 aromatic carbocycles. The van der Waals surface area contributed by atoms with E-state index in [1.165, 1.54) is 0 Å². The summed E-state index contributed by atoms with van der Waals surface area (Å²) in [6.45, 7) is 8.33. The van der Waals surface area contributed by atoms with Crippen molar-refractivity contribution in [2.75, 3.05) is 5.32 Å². The van der Waals surface area contributed by atoms with Crippen LogP contribution in [0.5, 0.6) is 0 Å². The molecule has 37 heavy (non-hydrogen) atoms. The quantitative estimate of drug-likeness (QED) is 0.184. The van der Waals surface area contributed by atoms with Gasteiger partial charge in [0.2, 0.25) is 0 Å². The van der Waals surface area contributed by atoms with Crippen LogP contribution in [0.3, 0.4) is 0 Å². The summed E-state index contributed by atoms with van der Waals surface area (Å²) in [4.78, 5) is 38.2. The number of ether oxygens (including phenoxy) is 1. The Morgan fingerprint density at radius 1 is 1.05 bits per heavy atom. The van der Waals surface area contributed by atoms with E-state index in [9.17, 15) is 14.4 Å². The van der Waals surface area contributed by atoms with Gasteiger partial charge < -0.3 is 14.6 Å². The Morgan fingerprint density at radius 3 is 2.35 bits per heavy atom. The number of fused-ring (bicyclic) bond motifs is 1. The Morgan fingerprint density at radius 2 is 1.70 bits per heavy atom. The van der Waals surface area contributed by atoms with E-state index in [-0.39, 0.29) is 42.0 Å². The number of para-hydroxylation sites is 1. The molecule has 1 heterocycles. The van der Waals surface area contributed by atoms with Gasteiger partial charge in [-0.05, 0) is 57.4 Å². The molecular weight excluding hydrogens is 532 g/mol. The van der Waals surface area contributed by atoms with Gasteiger partial charge in [0.05, 0.1) is 5.57 Å². The molecule has 0 spiro atoms. The van der Waals surface area contributed by atoms with Crippen LogP contribution in [0, 0.1) is 11.3 Å². The van der Waals surface area contributed by atoms with Crippen LogP contribution in [0.2, 0.25) is 0 Å². The first kappa shape index (κ1) is 26.9. The molecule has 1 fully saturated rings. The van der Waals surface area contributed by atoms with Gasteiger partial charge in [-0.15, -0.1) is 0 Å². The van der Waals surface area contributed by atoms with Crippen LogP contribution in [-0.2, 0) is 32.3 Å². The van der Waals surface area contributed by atoms with Crippen molar-refractivity contribution in [3.05, 3.63) is 76.0 Å². The summed E-state index contributed by atoms with van der Waals surface area (Å²) in [5.74, 6) is -0.218. The second kappa shape index (κ2) is 11.1. The molecule has 4 rings (SSSR count). The smallest absolute Gasteiger partial charge is 0.326 e. The van der Waals surface area contributed by atoms with Crippen molar-refractivity contribution in [2.45, 2.75) is 60.1 Å². The van der Waals surface area contributed by atoms with E-state index in [0.717, 1.165) is 26.6 Å². The minimum Gasteiger partial charge on any atom is -0.459 e. The van der Waals surface area contributed by atoms with Gasteiger partial charge >= 0.3 is 5.97 Å². The Kier molecular flexibility index (Phi) is 8.02. The van der Waals surface area contributed by atoms with Crippen LogP contribution in [-0.4, -0.2) is 22.1 Å². The summed E-state index contributed by atoms with van der Waals surface area (Å²) in [6, 6.07) is 15.4. The molecule has 7 heteroatoms. The second-order valence-electron chi connectivity index (χ2n) is 10.9. The highest BCUT2D eigenvalue weighted by Crippen LogP contribution is 2.36. The lowest BCUT2D eigenvalue weighted by molar-refractivity contribution is -0.145. The molecule has 1 aliphatic rings. The maximum Gasteiger partial charge on any atom is 0.326 e. The van der Waals surface area contributed by atoms with E-state index in [2.05, 4.69) is 35.1 Å². The highest BCUT2D eigenvalue weighted by Gasteiger charge is 2.37. The van der Waals surface area contributed by atoms with Crippen molar-refractivity contribution in [2.24, 2.45) is 11.3 Å². The monoisotopic (exact) mass is 564 g/mol. The summed E-state index contributed by atoms with van der Waals surface area (Å²) < 4.78 is 8.32. The summed E-state index contributed by atoms with van der Waals surface area (Å²) in [6.07, 6.45) is 3.24. The largest absolute Gasteiger partial charge is 0.459 e. The maximum absolute atomic E-state index is 12.9. The molecule has 1 aromatic heterocycles. The van der Waals surface area contributed by atoms with Crippen LogP contribution < -0.4 is 5.32 Å². The fraction of sp³-hybridized carbons (Fsp3) is 0.367. The molecule has 0 bridgehead atoms. The molecule has 194 valence electrons. The third-order valence-electron chi connectivity index (χ3n) is 6.44. The molecule has 0 saturated heterocycles. The lowest BCUT2D eigenvalue weighted by atomic mass is 9.73. The van der Waals surface area contributed by atoms with Crippen molar-refractivity contribution in [1.82, 2.24) is 4.57 Å². The molecule has 0 amide bonds. The molecule has 1 N–H and O–H groups in total. The molecular formula is C30H33BrN2O4. The number of carbonyl (C=O) groups excluding carboxylic acids is 3. The van der Waals surface area contributed by atoms with E-state index in [1.54, 1.807) is 0 Å². The van der Waals surface area contributed by atoms with Crippen LogP contribution in [0.4, 0.5) is 5.69 Å². The number of hydrogen-bond acceptors (Lipinski definition) is 5. The van der Waals surface area contributed by atoms with E-state index < -0.39 is 0 Å². The van der Waals surface area contributed by atoms with Crippen LogP contribution in [0.25, 0.3) is 10.9 Å². The van der Waals surface area contributed by atoms with E-state index in [1.807, 2.05) is 73.1 Å². The topological polar surface area (TPSA) is 77.4 Å². The third-order valence-corrected chi connectivity index (χ3v) is 7.07. The normalized spacial score (nSPS) is 15.4. The predicted molar refractivity (Wildman–Crippen MR) is 149 cm³/mol. The molecule has 0 atom stereocenters. The van der Waals surface area contributed by atoms with Gasteiger partial charge in [0.15, 0.2) is 11.6 Å². The highest BCUT2D eigenvalue weighted by molar-refractivity contribution is 9.10. The van der Waals surface area contributed by atoms with Crippen molar-refractivity contribution in [3.63, 3.8) is 0 Å². The molecule has 3 aromatic rings.